The molecule has 19 heavy (non-hydrogen) atoms. The van der Waals surface area contributed by atoms with Gasteiger partial charge in [-0.3, -0.25) is 20.2 Å². The van der Waals surface area contributed by atoms with E-state index in [9.17, 15) is 14.9 Å². The van der Waals surface area contributed by atoms with E-state index in [0.717, 1.165) is 6.07 Å². The quantitative estimate of drug-likeness (QED) is 0.664. The third-order valence-electron chi connectivity index (χ3n) is 2.25. The first-order chi connectivity index (χ1) is 8.99. The van der Waals surface area contributed by atoms with Crippen molar-refractivity contribution in [3.63, 3.8) is 0 Å². The van der Waals surface area contributed by atoms with E-state index < -0.39 is 10.8 Å². The van der Waals surface area contributed by atoms with E-state index in [1.807, 2.05) is 0 Å². The zero-order chi connectivity index (χ0) is 14.0. The molecule has 0 saturated carbocycles. The van der Waals surface area contributed by atoms with Crippen LogP contribution in [0, 0.1) is 10.1 Å². The number of carbonyl (C=O) groups is 1. The molecule has 0 radical (unpaired) electrons. The lowest BCUT2D eigenvalue weighted by atomic mass is 10.2. The summed E-state index contributed by atoms with van der Waals surface area (Å²) in [7, 11) is 1.55. The molecule has 0 aliphatic carbocycles. The molecule has 1 aromatic heterocycles. The van der Waals surface area contributed by atoms with Gasteiger partial charge in [0.15, 0.2) is 0 Å². The van der Waals surface area contributed by atoms with Gasteiger partial charge in [-0.25, -0.2) is 4.68 Å². The number of nitrogens with one attached hydrogen (secondary N) is 1. The smallest absolute Gasteiger partial charge is 0.287 e. The number of hydrogen-bond acceptors (Lipinski definition) is 6. The summed E-state index contributed by atoms with van der Waals surface area (Å²) in [6.07, 6.45) is 0. The Balaban J connectivity index is 2.23. The average Bonchev–Trinajstić information content (AvgIpc) is 2.74. The number of rotatable bonds is 3. The van der Waals surface area contributed by atoms with Crippen molar-refractivity contribution in [1.82, 2.24) is 20.2 Å². The lowest BCUT2D eigenvalue weighted by Gasteiger charge is -2.03. The number of benzene rings is 1. The van der Waals surface area contributed by atoms with E-state index >= 15 is 0 Å². The van der Waals surface area contributed by atoms with Crippen LogP contribution in [0.3, 0.4) is 0 Å². The summed E-state index contributed by atoms with van der Waals surface area (Å²) in [5.74, 6) is -0.367. The van der Waals surface area contributed by atoms with Crippen LogP contribution in [0.1, 0.15) is 10.4 Å². The highest BCUT2D eigenvalue weighted by Crippen LogP contribution is 2.25. The molecule has 0 spiro atoms. The molecule has 9 nitrogen and oxygen atoms in total. The van der Waals surface area contributed by atoms with Gasteiger partial charge in [0.05, 0.1) is 4.92 Å². The molecule has 1 N–H and O–H groups in total. The van der Waals surface area contributed by atoms with Gasteiger partial charge in [0, 0.05) is 18.7 Å². The van der Waals surface area contributed by atoms with Crippen molar-refractivity contribution in [3.8, 4) is 0 Å². The van der Waals surface area contributed by atoms with Gasteiger partial charge in [-0.15, -0.1) is 0 Å². The number of aromatic nitrogens is 4. The molecule has 0 aliphatic rings. The average molecular weight is 283 g/mol. The van der Waals surface area contributed by atoms with Crippen LogP contribution in [-0.4, -0.2) is 31.0 Å². The van der Waals surface area contributed by atoms with Crippen LogP contribution in [0.15, 0.2) is 18.2 Å². The zero-order valence-electron chi connectivity index (χ0n) is 9.57. The summed E-state index contributed by atoms with van der Waals surface area (Å²) in [6.45, 7) is 0. The second-order valence-corrected chi connectivity index (χ2v) is 3.91. The number of nitro groups is 1. The van der Waals surface area contributed by atoms with Gasteiger partial charge in [-0.2, -0.15) is 0 Å². The second kappa shape index (κ2) is 4.98. The summed E-state index contributed by atoms with van der Waals surface area (Å²) in [6, 6.07) is 3.66. The number of nitro benzene ring substituents is 1. The highest BCUT2D eigenvalue weighted by molar-refractivity contribution is 6.33. The van der Waals surface area contributed by atoms with E-state index in [-0.39, 0.29) is 22.2 Å². The number of amides is 1. The van der Waals surface area contributed by atoms with Crippen LogP contribution >= 0.6 is 11.6 Å². The Morgan fingerprint density at radius 2 is 2.26 bits per heavy atom. The van der Waals surface area contributed by atoms with Crippen LogP contribution in [-0.2, 0) is 7.05 Å². The first kappa shape index (κ1) is 12.9. The molecular weight excluding hydrogens is 276 g/mol. The SMILES string of the molecule is Cn1nnnc1NC(=O)c1ccc([N+](=O)[O-])c(Cl)c1. The van der Waals surface area contributed by atoms with Crippen LogP contribution in [0.4, 0.5) is 11.6 Å². The first-order valence-electron chi connectivity index (χ1n) is 4.96. The third kappa shape index (κ3) is 2.65. The van der Waals surface area contributed by atoms with Gasteiger partial charge in [-0.05, 0) is 22.6 Å². The van der Waals surface area contributed by atoms with Crippen LogP contribution in [0.5, 0.6) is 0 Å². The molecule has 0 unspecified atom stereocenters. The number of tetrazole rings is 1. The molecule has 0 fully saturated rings. The highest BCUT2D eigenvalue weighted by atomic mass is 35.5. The molecule has 1 aromatic carbocycles. The number of nitrogens with zero attached hydrogens (tertiary/aromatic N) is 5. The van der Waals surface area contributed by atoms with Crippen molar-refractivity contribution in [2.45, 2.75) is 0 Å². The maximum Gasteiger partial charge on any atom is 0.287 e. The molecule has 0 saturated heterocycles. The number of carbonyl (C=O) groups excluding carboxylic acids is 1. The monoisotopic (exact) mass is 282 g/mol. The van der Waals surface area contributed by atoms with Crippen molar-refractivity contribution < 1.29 is 9.72 Å². The van der Waals surface area contributed by atoms with Crippen LogP contribution < -0.4 is 5.32 Å². The van der Waals surface area contributed by atoms with Crippen molar-refractivity contribution in [3.05, 3.63) is 38.9 Å². The minimum Gasteiger partial charge on any atom is -0.289 e. The number of anilines is 1. The molecule has 10 heteroatoms. The number of halogens is 1. The first-order valence-corrected chi connectivity index (χ1v) is 5.34. The zero-order valence-corrected chi connectivity index (χ0v) is 10.3. The molecule has 1 amide bonds. The fourth-order valence-corrected chi connectivity index (χ4v) is 1.55. The summed E-state index contributed by atoms with van der Waals surface area (Å²) in [5, 5.41) is 23.4. The van der Waals surface area contributed by atoms with Crippen LogP contribution in [0.2, 0.25) is 5.02 Å². The molecule has 0 atom stereocenters. The summed E-state index contributed by atoms with van der Waals surface area (Å²) < 4.78 is 1.27. The van der Waals surface area contributed by atoms with Crippen molar-refractivity contribution >= 4 is 29.1 Å². The largest absolute Gasteiger partial charge is 0.289 e. The highest BCUT2D eigenvalue weighted by Gasteiger charge is 2.16. The topological polar surface area (TPSA) is 116 Å². The Morgan fingerprint density at radius 1 is 1.53 bits per heavy atom. The standard InChI is InChI=1S/C9H7ClN6O3/c1-15-9(12-13-14-15)11-8(17)5-2-3-7(16(18)19)6(10)4-5/h2-4H,1H3,(H,11,12,14,17). The van der Waals surface area contributed by atoms with Crippen LogP contribution in [0.25, 0.3) is 0 Å². The Kier molecular flexibility index (Phi) is 3.38. The van der Waals surface area contributed by atoms with Gasteiger partial charge >= 0.3 is 0 Å². The minimum absolute atomic E-state index is 0.117. The molecule has 98 valence electrons. The van der Waals surface area contributed by atoms with Crippen molar-refractivity contribution in [2.75, 3.05) is 5.32 Å². The Morgan fingerprint density at radius 3 is 2.79 bits per heavy atom. The minimum atomic E-state index is -0.628. The van der Waals surface area contributed by atoms with Gasteiger partial charge in [0.25, 0.3) is 11.6 Å². The fraction of sp³-hybridized carbons (Fsp3) is 0.111. The molecule has 1 heterocycles. The predicted octanol–water partition coefficient (Wildman–Crippen LogP) is 1.02. The molecule has 0 aliphatic heterocycles. The normalized spacial score (nSPS) is 10.2. The maximum atomic E-state index is 11.8. The lowest BCUT2D eigenvalue weighted by molar-refractivity contribution is -0.384. The summed E-state index contributed by atoms with van der Waals surface area (Å²) in [4.78, 5) is 21.8. The van der Waals surface area contributed by atoms with Gasteiger partial charge < -0.3 is 0 Å². The Hall–Kier alpha value is -2.55. The van der Waals surface area contributed by atoms with Crippen molar-refractivity contribution in [1.29, 1.82) is 0 Å². The van der Waals surface area contributed by atoms with Crippen molar-refractivity contribution in [2.24, 2.45) is 7.05 Å². The van der Waals surface area contributed by atoms with E-state index in [1.54, 1.807) is 7.05 Å². The van der Waals surface area contributed by atoms with E-state index in [1.165, 1.54) is 16.8 Å². The molecule has 0 bridgehead atoms. The predicted molar refractivity (Wildman–Crippen MR) is 64.9 cm³/mol. The van der Waals surface area contributed by atoms with E-state index in [2.05, 4.69) is 20.8 Å². The van der Waals surface area contributed by atoms with E-state index in [4.69, 9.17) is 11.6 Å². The third-order valence-corrected chi connectivity index (χ3v) is 2.55. The number of hydrogen-bond donors (Lipinski definition) is 1. The Labute approximate surface area is 111 Å². The lowest BCUT2D eigenvalue weighted by Crippen LogP contribution is -2.15. The molecule has 2 rings (SSSR count). The maximum absolute atomic E-state index is 11.8. The molecule has 2 aromatic rings. The van der Waals surface area contributed by atoms with Gasteiger partial charge in [0.1, 0.15) is 5.02 Å². The fourth-order valence-electron chi connectivity index (χ4n) is 1.31. The van der Waals surface area contributed by atoms with Gasteiger partial charge in [-0.1, -0.05) is 16.7 Å². The molecular formula is C9H7ClN6O3. The Bertz CT molecular complexity index is 655. The van der Waals surface area contributed by atoms with E-state index in [0.29, 0.717) is 0 Å². The van der Waals surface area contributed by atoms with Gasteiger partial charge in [0.2, 0.25) is 5.95 Å². The summed E-state index contributed by atoms with van der Waals surface area (Å²) >= 11 is 5.71. The number of aryl methyl sites for hydroxylation is 1. The second-order valence-electron chi connectivity index (χ2n) is 3.50. The summed E-state index contributed by atoms with van der Waals surface area (Å²) in [5.41, 5.74) is -0.0999.